The minimum absolute atomic E-state index is 0.0752. The topological polar surface area (TPSA) is 138 Å². The highest BCUT2D eigenvalue weighted by atomic mass is 32.2. The predicted molar refractivity (Wildman–Crippen MR) is 133 cm³/mol. The van der Waals surface area contributed by atoms with E-state index < -0.39 is 43.8 Å². The summed E-state index contributed by atoms with van der Waals surface area (Å²) < 4.78 is 85.7. The van der Waals surface area contributed by atoms with E-state index in [9.17, 15) is 19.7 Å². The van der Waals surface area contributed by atoms with E-state index in [2.05, 4.69) is 25.6 Å². The number of benzene rings is 1. The van der Waals surface area contributed by atoms with Crippen molar-refractivity contribution in [2.45, 2.75) is 74.4 Å². The molecule has 2 fully saturated rings. The van der Waals surface area contributed by atoms with Crippen LogP contribution in [-0.2, 0) is 4.74 Å². The van der Waals surface area contributed by atoms with Gasteiger partial charge in [-0.25, -0.2) is 19.0 Å². The maximum atomic E-state index is 14.2. The van der Waals surface area contributed by atoms with E-state index in [1.54, 1.807) is 13.0 Å². The van der Waals surface area contributed by atoms with Gasteiger partial charge in [0.25, 0.3) is 0 Å². The Morgan fingerprint density at radius 3 is 2.94 bits per heavy atom. The molecule has 12 heteroatoms. The molecule has 0 unspecified atom stereocenters. The van der Waals surface area contributed by atoms with E-state index in [1.165, 1.54) is 17.8 Å². The lowest BCUT2D eigenvalue weighted by atomic mass is 10.1. The Labute approximate surface area is 223 Å². The number of nitrogens with zero attached hydrogens (tertiary/aromatic N) is 5. The Morgan fingerprint density at radius 2 is 2.19 bits per heavy atom. The summed E-state index contributed by atoms with van der Waals surface area (Å²) in [6.45, 7) is -1.03. The Kier molecular flexibility index (Phi) is 5.03. The molecule has 5 rings (SSSR count). The number of fused-ring (bicyclic) bond motifs is 1. The summed E-state index contributed by atoms with van der Waals surface area (Å²) in [5, 5.41) is 42.7. The fourth-order valence-corrected chi connectivity index (χ4v) is 4.54. The van der Waals surface area contributed by atoms with Crippen molar-refractivity contribution in [3.63, 3.8) is 0 Å². The lowest BCUT2D eigenvalue weighted by Gasteiger charge is -2.17. The standard InChI is InChI=1S/C24H31FN6O4S/c1-3-8-36-24-27-22(26-16-10-14(16)13-5-4-12(2)15(25)9-13)19-23(28-24)31(30-29-19)17-11-18(35-7-6-32)21(34)20(17)33/h4-5,9,14,16-18,20-21,32-34H,3,6-8,10-11H2,1-2H3,(H,26,27,28)/t14-,16+,17+,18-,20-,21+/m0/s1/i6D2,11D2,17D,18D,20D,21D. The van der Waals surface area contributed by atoms with Crippen LogP contribution in [0.25, 0.3) is 11.2 Å². The van der Waals surface area contributed by atoms with Crippen molar-refractivity contribution in [3.05, 3.63) is 35.1 Å². The van der Waals surface area contributed by atoms with Crippen molar-refractivity contribution < 1.29 is 35.4 Å². The molecule has 0 radical (unpaired) electrons. The summed E-state index contributed by atoms with van der Waals surface area (Å²) in [5.74, 6) is 0.245. The van der Waals surface area contributed by atoms with E-state index in [-0.39, 0.29) is 39.9 Å². The van der Waals surface area contributed by atoms with Crippen LogP contribution in [0.5, 0.6) is 0 Å². The molecule has 0 spiro atoms. The van der Waals surface area contributed by atoms with Crippen LogP contribution in [-0.4, -0.2) is 83.5 Å². The Hall–Kier alpha value is -2.38. The van der Waals surface area contributed by atoms with Crippen molar-refractivity contribution >= 4 is 28.7 Å². The summed E-state index contributed by atoms with van der Waals surface area (Å²) in [6.07, 6.45) is -13.9. The minimum Gasteiger partial charge on any atom is -0.394 e. The molecule has 6 atom stereocenters. The number of ether oxygens (including phenoxy) is 1. The lowest BCUT2D eigenvalue weighted by Crippen LogP contribution is -2.33. The van der Waals surface area contributed by atoms with Crippen LogP contribution in [0.2, 0.25) is 0 Å². The van der Waals surface area contributed by atoms with Crippen LogP contribution in [0.1, 0.15) is 60.2 Å². The molecule has 36 heavy (non-hydrogen) atoms. The van der Waals surface area contributed by atoms with Crippen LogP contribution in [0.15, 0.2) is 23.4 Å². The van der Waals surface area contributed by atoms with Crippen molar-refractivity contribution in [2.24, 2.45) is 0 Å². The van der Waals surface area contributed by atoms with Gasteiger partial charge >= 0.3 is 0 Å². The Bertz CT molecular complexity index is 1600. The first-order chi connectivity index (χ1) is 20.2. The molecule has 0 aliphatic heterocycles. The van der Waals surface area contributed by atoms with Gasteiger partial charge in [-0.3, -0.25) is 0 Å². The maximum Gasteiger partial charge on any atom is 0.191 e. The number of nitrogens with one attached hydrogen (secondary N) is 1. The number of rotatable bonds is 10. The molecular formula is C24H31FN6O4S. The molecule has 194 valence electrons. The van der Waals surface area contributed by atoms with Crippen LogP contribution in [0.3, 0.4) is 0 Å². The number of aryl methyl sites for hydroxylation is 1. The van der Waals surface area contributed by atoms with Gasteiger partial charge in [0, 0.05) is 26.8 Å². The Balaban J connectivity index is 1.60. The molecular weight excluding hydrogens is 487 g/mol. The monoisotopic (exact) mass is 526 g/mol. The van der Waals surface area contributed by atoms with Crippen molar-refractivity contribution in [3.8, 4) is 0 Å². The zero-order chi connectivity index (χ0) is 32.7. The quantitative estimate of drug-likeness (QED) is 0.230. The molecule has 4 N–H and O–H groups in total. The van der Waals surface area contributed by atoms with E-state index >= 15 is 0 Å². The second-order valence-electron chi connectivity index (χ2n) is 8.43. The molecule has 3 aromatic rings. The first kappa shape index (κ1) is 17.2. The summed E-state index contributed by atoms with van der Waals surface area (Å²) in [4.78, 5) is 8.83. The van der Waals surface area contributed by atoms with E-state index in [0.717, 1.165) is 12.0 Å². The Morgan fingerprint density at radius 1 is 1.36 bits per heavy atom. The molecule has 1 aromatic carbocycles. The molecule has 2 heterocycles. The fraction of sp³-hybridized carbons (Fsp3) is 0.583. The summed E-state index contributed by atoms with van der Waals surface area (Å²) in [7, 11) is 0. The second-order valence-corrected chi connectivity index (χ2v) is 9.49. The number of aliphatic hydroxyl groups is 3. The molecule has 2 aliphatic rings. The van der Waals surface area contributed by atoms with Gasteiger partial charge in [-0.2, -0.15) is 0 Å². The summed E-state index contributed by atoms with van der Waals surface area (Å²) in [6, 6.07) is 1.18. The minimum atomic E-state index is -3.94. The number of halogens is 1. The van der Waals surface area contributed by atoms with Crippen LogP contribution in [0, 0.1) is 12.7 Å². The van der Waals surface area contributed by atoms with E-state index in [4.69, 9.17) is 15.7 Å². The summed E-state index contributed by atoms with van der Waals surface area (Å²) in [5.41, 5.74) is 0.778. The normalized spacial score (nSPS) is 40.8. The lowest BCUT2D eigenvalue weighted by molar-refractivity contribution is -0.0629. The average Bonchev–Trinajstić information content (AvgIpc) is 3.55. The van der Waals surface area contributed by atoms with Gasteiger partial charge in [0.2, 0.25) is 0 Å². The molecule has 10 nitrogen and oxygen atoms in total. The van der Waals surface area contributed by atoms with Crippen LogP contribution >= 0.6 is 11.8 Å². The summed E-state index contributed by atoms with van der Waals surface area (Å²) >= 11 is 1.20. The van der Waals surface area contributed by atoms with Crippen molar-refractivity contribution in [2.75, 3.05) is 24.2 Å². The van der Waals surface area contributed by atoms with E-state index in [1.807, 2.05) is 13.0 Å². The number of hydrogen-bond acceptors (Lipinski definition) is 10. The largest absolute Gasteiger partial charge is 0.394 e. The third kappa shape index (κ3) is 4.92. The maximum absolute atomic E-state index is 14.2. The molecule has 2 saturated carbocycles. The van der Waals surface area contributed by atoms with Crippen molar-refractivity contribution in [1.82, 2.24) is 25.0 Å². The molecule has 2 aliphatic carbocycles. The third-order valence-electron chi connectivity index (χ3n) is 5.84. The highest BCUT2D eigenvalue weighted by Gasteiger charge is 2.45. The second kappa shape index (κ2) is 10.5. The number of aromatic nitrogens is 5. The highest BCUT2D eigenvalue weighted by molar-refractivity contribution is 7.99. The smallest absolute Gasteiger partial charge is 0.191 e. The SMILES string of the molecule is [2H]C([2H])(O)CO[C@@]1([2H])C([2H])([2H])[C@@]([2H])(n2nnc3c(N[C@@H]4C[C@H]4c4ccc(C)c(F)c4)nc(SCCC)nc32)[C@]([2H])(O)[C@]1([2H])O. The molecule has 2 aromatic heterocycles. The molecule has 0 saturated heterocycles. The number of thioether (sulfide) groups is 1. The van der Waals surface area contributed by atoms with Crippen LogP contribution in [0.4, 0.5) is 10.2 Å². The first-order valence-corrected chi connectivity index (χ1v) is 12.3. The van der Waals surface area contributed by atoms with Gasteiger partial charge in [-0.1, -0.05) is 36.0 Å². The van der Waals surface area contributed by atoms with Gasteiger partial charge < -0.3 is 25.4 Å². The van der Waals surface area contributed by atoms with Gasteiger partial charge in [0.15, 0.2) is 22.1 Å². The highest BCUT2D eigenvalue weighted by Crippen LogP contribution is 2.44. The van der Waals surface area contributed by atoms with Gasteiger partial charge in [0.1, 0.15) is 18.0 Å². The predicted octanol–water partition coefficient (Wildman–Crippen LogP) is 2.18. The molecule has 0 bridgehead atoms. The van der Waals surface area contributed by atoms with Gasteiger partial charge in [0.05, 0.1) is 33.5 Å². The molecule has 0 amide bonds. The zero-order valence-electron chi connectivity index (χ0n) is 27.5. The fourth-order valence-electron chi connectivity index (χ4n) is 3.85. The average molecular weight is 527 g/mol. The van der Waals surface area contributed by atoms with Crippen molar-refractivity contribution in [1.29, 1.82) is 0 Å². The number of anilines is 1. The van der Waals surface area contributed by atoms with E-state index in [0.29, 0.717) is 22.4 Å². The first-order valence-electron chi connectivity index (χ1n) is 15.3. The van der Waals surface area contributed by atoms with Crippen LogP contribution < -0.4 is 5.32 Å². The number of hydrogen-bond donors (Lipinski definition) is 4. The van der Waals surface area contributed by atoms with Gasteiger partial charge in [-0.15, -0.1) is 5.10 Å². The third-order valence-corrected chi connectivity index (χ3v) is 6.89. The van der Waals surface area contributed by atoms with Gasteiger partial charge in [-0.05, 0) is 37.0 Å². The zero-order valence-corrected chi connectivity index (χ0v) is 20.3.